The Hall–Kier alpha value is 0.354. The van der Waals surface area contributed by atoms with Gasteiger partial charge in [0.05, 0.1) is 0 Å². The molecule has 0 amide bonds. The van der Waals surface area contributed by atoms with Crippen molar-refractivity contribution >= 4 is 18.4 Å². The zero-order chi connectivity index (χ0) is 6.15. The zero-order valence-electron chi connectivity index (χ0n) is 5.89. The lowest BCUT2D eigenvalue weighted by Gasteiger charge is -2.17. The van der Waals surface area contributed by atoms with Gasteiger partial charge in [0, 0.05) is 22.8 Å². The summed E-state index contributed by atoms with van der Waals surface area (Å²) in [6.07, 6.45) is 0. The SMILES string of the molecule is CN1CCN(C)[SiH]1[SiH3]. The molecule has 1 fully saturated rings. The van der Waals surface area contributed by atoms with Crippen molar-refractivity contribution in [1.29, 1.82) is 0 Å². The van der Waals surface area contributed by atoms with Gasteiger partial charge >= 0.3 is 0 Å². The Bertz CT molecular complexity index is 78.1. The van der Waals surface area contributed by atoms with Gasteiger partial charge < -0.3 is 9.13 Å². The maximum absolute atomic E-state index is 2.55. The van der Waals surface area contributed by atoms with Gasteiger partial charge in [-0.15, -0.1) is 0 Å². The second-order valence-corrected chi connectivity index (χ2v) is 8.72. The summed E-state index contributed by atoms with van der Waals surface area (Å²) in [6, 6.07) is 0. The lowest BCUT2D eigenvalue weighted by Crippen LogP contribution is -2.40. The molecular formula is C4H14N2Si2. The van der Waals surface area contributed by atoms with Gasteiger partial charge in [-0.05, 0) is 14.1 Å². The highest BCUT2D eigenvalue weighted by Crippen LogP contribution is 2.00. The number of rotatable bonds is 0. The highest BCUT2D eigenvalue weighted by Gasteiger charge is 2.22. The predicted molar refractivity (Wildman–Crippen MR) is 42.3 cm³/mol. The van der Waals surface area contributed by atoms with E-state index in [4.69, 9.17) is 0 Å². The Morgan fingerprint density at radius 3 is 1.75 bits per heavy atom. The molecule has 0 N–H and O–H groups in total. The van der Waals surface area contributed by atoms with Crippen molar-refractivity contribution in [2.75, 3.05) is 27.2 Å². The van der Waals surface area contributed by atoms with Gasteiger partial charge in [-0.25, -0.2) is 0 Å². The molecule has 1 aliphatic rings. The molecule has 0 saturated carbocycles. The van der Waals surface area contributed by atoms with Crippen LogP contribution in [0.2, 0.25) is 0 Å². The zero-order valence-corrected chi connectivity index (χ0v) is 9.04. The summed E-state index contributed by atoms with van der Waals surface area (Å²) >= 11 is 0. The van der Waals surface area contributed by atoms with Crippen LogP contribution in [0.1, 0.15) is 0 Å². The lowest BCUT2D eigenvalue weighted by atomic mass is 10.6. The summed E-state index contributed by atoms with van der Waals surface area (Å²) < 4.78 is 5.10. The van der Waals surface area contributed by atoms with Crippen LogP contribution in [0.15, 0.2) is 0 Å². The van der Waals surface area contributed by atoms with Gasteiger partial charge in [-0.2, -0.15) is 0 Å². The second-order valence-electron chi connectivity index (χ2n) is 2.59. The van der Waals surface area contributed by atoms with Crippen molar-refractivity contribution in [3.05, 3.63) is 0 Å². The fourth-order valence-corrected chi connectivity index (χ4v) is 4.23. The summed E-state index contributed by atoms with van der Waals surface area (Å²) in [5.74, 6) is 0. The van der Waals surface area contributed by atoms with Gasteiger partial charge in [-0.3, -0.25) is 0 Å². The molecule has 2 nitrogen and oxygen atoms in total. The van der Waals surface area contributed by atoms with Crippen LogP contribution in [0.5, 0.6) is 0 Å². The van der Waals surface area contributed by atoms with E-state index in [1.807, 2.05) is 0 Å². The molecule has 0 aromatic heterocycles. The normalized spacial score (nSPS) is 27.8. The minimum atomic E-state index is -0.432. The maximum Gasteiger partial charge on any atom is 0.164 e. The van der Waals surface area contributed by atoms with Crippen molar-refractivity contribution in [3.63, 3.8) is 0 Å². The van der Waals surface area contributed by atoms with Crippen molar-refractivity contribution < 1.29 is 0 Å². The van der Waals surface area contributed by atoms with Crippen LogP contribution in [0.3, 0.4) is 0 Å². The van der Waals surface area contributed by atoms with E-state index < -0.39 is 8.64 Å². The molecular weight excluding hydrogens is 132 g/mol. The third-order valence-corrected chi connectivity index (χ3v) is 10.4. The highest BCUT2D eigenvalue weighted by atomic mass is 29.2. The molecule has 8 heavy (non-hydrogen) atoms. The van der Waals surface area contributed by atoms with Crippen LogP contribution in [0, 0.1) is 0 Å². The van der Waals surface area contributed by atoms with Gasteiger partial charge in [0.2, 0.25) is 0 Å². The average Bonchev–Trinajstić information content (AvgIpc) is 1.98. The first kappa shape index (κ1) is 6.47. The summed E-state index contributed by atoms with van der Waals surface area (Å²) in [5.41, 5.74) is 0. The molecule has 4 heteroatoms. The third kappa shape index (κ3) is 1.02. The minimum Gasteiger partial charge on any atom is -0.318 e. The molecule has 0 aromatic carbocycles. The summed E-state index contributed by atoms with van der Waals surface area (Å²) in [7, 11) is 5.49. The first-order valence-electron chi connectivity index (χ1n) is 3.12. The first-order valence-corrected chi connectivity index (χ1v) is 8.77. The van der Waals surface area contributed by atoms with E-state index in [0.29, 0.717) is 0 Å². The van der Waals surface area contributed by atoms with Crippen molar-refractivity contribution in [2.24, 2.45) is 0 Å². The van der Waals surface area contributed by atoms with E-state index in [0.717, 1.165) is 0 Å². The average molecular weight is 146 g/mol. The van der Waals surface area contributed by atoms with Crippen molar-refractivity contribution in [1.82, 2.24) is 9.13 Å². The van der Waals surface area contributed by atoms with Crippen LogP contribution >= 0.6 is 0 Å². The highest BCUT2D eigenvalue weighted by molar-refractivity contribution is 7.00. The fraction of sp³-hybridized carbons (Fsp3) is 1.00. The molecule has 48 valence electrons. The van der Waals surface area contributed by atoms with Crippen LogP contribution in [0.25, 0.3) is 0 Å². The Kier molecular flexibility index (Phi) is 1.86. The molecule has 0 spiro atoms. The van der Waals surface area contributed by atoms with Crippen LogP contribution in [0.4, 0.5) is 0 Å². The summed E-state index contributed by atoms with van der Waals surface area (Å²) in [4.78, 5) is 0. The number of hydrogen-bond donors (Lipinski definition) is 0. The molecule has 0 bridgehead atoms. The molecule has 0 aliphatic carbocycles. The van der Waals surface area contributed by atoms with E-state index in [1.165, 1.54) is 22.8 Å². The van der Waals surface area contributed by atoms with Crippen LogP contribution in [-0.4, -0.2) is 54.7 Å². The smallest absolute Gasteiger partial charge is 0.164 e. The molecule has 0 unspecified atom stereocenters. The Labute approximate surface area is 55.4 Å². The van der Waals surface area contributed by atoms with E-state index in [2.05, 4.69) is 23.2 Å². The number of likely N-dealkylation sites (N-methyl/N-ethyl adjacent to an activating group) is 2. The third-order valence-electron chi connectivity index (χ3n) is 2.08. The van der Waals surface area contributed by atoms with Gasteiger partial charge in [-0.1, -0.05) is 0 Å². The Morgan fingerprint density at radius 1 is 1.25 bits per heavy atom. The van der Waals surface area contributed by atoms with Crippen molar-refractivity contribution in [2.45, 2.75) is 0 Å². The van der Waals surface area contributed by atoms with Gasteiger partial charge in [0.25, 0.3) is 0 Å². The lowest BCUT2D eigenvalue weighted by molar-refractivity contribution is 0.553. The number of hydrogen-bond acceptors (Lipinski definition) is 2. The Morgan fingerprint density at radius 2 is 1.62 bits per heavy atom. The van der Waals surface area contributed by atoms with Crippen LogP contribution in [-0.2, 0) is 0 Å². The van der Waals surface area contributed by atoms with E-state index in [-0.39, 0.29) is 0 Å². The molecule has 1 heterocycles. The predicted octanol–water partition coefficient (Wildman–Crippen LogP) is -2.05. The van der Waals surface area contributed by atoms with E-state index in [9.17, 15) is 0 Å². The molecule has 0 aromatic rings. The Balaban J connectivity index is 2.44. The quantitative estimate of drug-likeness (QED) is 0.363. The van der Waals surface area contributed by atoms with Crippen LogP contribution < -0.4 is 0 Å². The largest absolute Gasteiger partial charge is 0.318 e. The molecule has 1 rings (SSSR count). The monoisotopic (exact) mass is 146 g/mol. The fourth-order valence-electron chi connectivity index (χ4n) is 1.03. The maximum atomic E-state index is 2.55. The minimum absolute atomic E-state index is 0.432. The molecule has 0 radical (unpaired) electrons. The first-order chi connectivity index (χ1) is 3.72. The summed E-state index contributed by atoms with van der Waals surface area (Å²) in [5, 5.41) is 0. The molecule has 0 atom stereocenters. The van der Waals surface area contributed by atoms with E-state index in [1.54, 1.807) is 0 Å². The molecule has 1 saturated heterocycles. The topological polar surface area (TPSA) is 6.48 Å². The van der Waals surface area contributed by atoms with Gasteiger partial charge in [0.1, 0.15) is 0 Å². The number of nitrogens with zero attached hydrogens (tertiary/aromatic N) is 2. The second kappa shape index (κ2) is 2.30. The summed E-state index contributed by atoms with van der Waals surface area (Å²) in [6.45, 7) is 2.63. The van der Waals surface area contributed by atoms with E-state index >= 15 is 0 Å². The standard InChI is InChI=1S/C4H14N2Si2/c1-5-3-4-6(2)8(5)7/h8H,3-4H2,1-2,7H3. The van der Waals surface area contributed by atoms with Crippen molar-refractivity contribution in [3.8, 4) is 0 Å². The molecule has 1 aliphatic heterocycles. The van der Waals surface area contributed by atoms with Gasteiger partial charge in [0.15, 0.2) is 8.64 Å².